The number of nitrogens with two attached hydrogens (primary N) is 1. The number of carbonyl (C=O) groups is 3. The van der Waals surface area contributed by atoms with Crippen molar-refractivity contribution >= 4 is 17.8 Å². The Balaban J connectivity index is 2.63. The highest BCUT2D eigenvalue weighted by Gasteiger charge is 2.22. The third-order valence-corrected chi connectivity index (χ3v) is 2.22. The van der Waals surface area contributed by atoms with Crippen LogP contribution in [-0.2, 0) is 16.6 Å². The van der Waals surface area contributed by atoms with Crippen LogP contribution in [0.1, 0.15) is 23.3 Å². The number of carboxylic acids is 1. The third kappa shape index (κ3) is 3.89. The summed E-state index contributed by atoms with van der Waals surface area (Å²) in [6.45, 7) is 0. The molecule has 0 aliphatic carbocycles. The second-order valence-corrected chi connectivity index (χ2v) is 3.79. The largest absolute Gasteiger partial charge is 0.480 e. The molecule has 1 aromatic rings. The van der Waals surface area contributed by atoms with Crippen molar-refractivity contribution in [3.63, 3.8) is 0 Å². The topological polar surface area (TPSA) is 127 Å². The second-order valence-electron chi connectivity index (χ2n) is 3.79. The number of imidazole rings is 1. The van der Waals surface area contributed by atoms with E-state index in [-0.39, 0.29) is 18.5 Å². The number of primary amides is 1. The van der Waals surface area contributed by atoms with Crippen molar-refractivity contribution in [2.24, 2.45) is 12.8 Å². The first kappa shape index (κ1) is 13.7. The lowest BCUT2D eigenvalue weighted by molar-refractivity contribution is -0.139. The van der Waals surface area contributed by atoms with Crippen molar-refractivity contribution in [1.82, 2.24) is 14.9 Å². The van der Waals surface area contributed by atoms with Crippen molar-refractivity contribution in [3.8, 4) is 0 Å². The summed E-state index contributed by atoms with van der Waals surface area (Å²) in [7, 11) is 1.69. The molecule has 98 valence electrons. The summed E-state index contributed by atoms with van der Waals surface area (Å²) in [4.78, 5) is 36.9. The van der Waals surface area contributed by atoms with Crippen molar-refractivity contribution in [2.45, 2.75) is 18.9 Å². The first-order valence-electron chi connectivity index (χ1n) is 5.20. The molecule has 1 aromatic heterocycles. The number of aromatic nitrogens is 2. The van der Waals surface area contributed by atoms with Crippen LogP contribution in [0.15, 0.2) is 12.5 Å². The van der Waals surface area contributed by atoms with Gasteiger partial charge in [0.2, 0.25) is 5.91 Å². The van der Waals surface area contributed by atoms with Gasteiger partial charge in [0, 0.05) is 19.7 Å². The molecule has 0 radical (unpaired) electrons. The van der Waals surface area contributed by atoms with Crippen LogP contribution in [0.25, 0.3) is 0 Å². The average molecular weight is 254 g/mol. The first-order valence-corrected chi connectivity index (χ1v) is 5.20. The van der Waals surface area contributed by atoms with E-state index in [2.05, 4.69) is 10.3 Å². The molecule has 0 aliphatic heterocycles. The van der Waals surface area contributed by atoms with E-state index in [9.17, 15) is 14.4 Å². The molecule has 0 fully saturated rings. The van der Waals surface area contributed by atoms with Gasteiger partial charge in [-0.25, -0.2) is 9.78 Å². The highest BCUT2D eigenvalue weighted by Crippen LogP contribution is 2.00. The average Bonchev–Trinajstić information content (AvgIpc) is 2.70. The molecule has 0 saturated heterocycles. The first-order chi connectivity index (χ1) is 8.40. The number of nitrogens with one attached hydrogen (secondary N) is 1. The molecule has 1 heterocycles. The molecule has 1 rings (SSSR count). The quantitative estimate of drug-likeness (QED) is 0.591. The number of aryl methyl sites for hydroxylation is 1. The number of hydrogen-bond acceptors (Lipinski definition) is 4. The Labute approximate surface area is 103 Å². The molecule has 0 aromatic carbocycles. The minimum atomic E-state index is -1.22. The molecule has 2 amide bonds. The van der Waals surface area contributed by atoms with Crippen LogP contribution in [0.5, 0.6) is 0 Å². The maximum Gasteiger partial charge on any atom is 0.326 e. The molecule has 0 saturated carbocycles. The van der Waals surface area contributed by atoms with Gasteiger partial charge in [-0.15, -0.1) is 0 Å². The van der Waals surface area contributed by atoms with Gasteiger partial charge in [0.25, 0.3) is 5.91 Å². The van der Waals surface area contributed by atoms with E-state index in [0.717, 1.165) is 0 Å². The number of hydrogen-bond donors (Lipinski definition) is 3. The van der Waals surface area contributed by atoms with E-state index in [1.807, 2.05) is 0 Å². The summed E-state index contributed by atoms with van der Waals surface area (Å²) in [5, 5.41) is 11.2. The van der Waals surface area contributed by atoms with Gasteiger partial charge in [-0.1, -0.05) is 0 Å². The van der Waals surface area contributed by atoms with Crippen LogP contribution >= 0.6 is 0 Å². The molecule has 8 nitrogen and oxygen atoms in total. The Kier molecular flexibility index (Phi) is 4.41. The lowest BCUT2D eigenvalue weighted by Crippen LogP contribution is -2.41. The summed E-state index contributed by atoms with van der Waals surface area (Å²) in [6.07, 6.45) is 2.72. The summed E-state index contributed by atoms with van der Waals surface area (Å²) >= 11 is 0. The van der Waals surface area contributed by atoms with Gasteiger partial charge >= 0.3 is 5.97 Å². The number of aliphatic carboxylic acids is 1. The molecule has 0 unspecified atom stereocenters. The Hall–Kier alpha value is -2.38. The summed E-state index contributed by atoms with van der Waals surface area (Å²) in [5.74, 6) is -2.44. The van der Waals surface area contributed by atoms with Gasteiger partial charge in [0.05, 0.1) is 6.33 Å². The Morgan fingerprint density at radius 3 is 2.67 bits per heavy atom. The van der Waals surface area contributed by atoms with Gasteiger partial charge < -0.3 is 20.7 Å². The van der Waals surface area contributed by atoms with Gasteiger partial charge in [-0.3, -0.25) is 9.59 Å². The van der Waals surface area contributed by atoms with Gasteiger partial charge in [-0.05, 0) is 6.42 Å². The molecule has 18 heavy (non-hydrogen) atoms. The fourth-order valence-electron chi connectivity index (χ4n) is 1.31. The summed E-state index contributed by atoms with van der Waals surface area (Å²) in [5.41, 5.74) is 5.04. The van der Waals surface area contributed by atoms with E-state index in [4.69, 9.17) is 10.8 Å². The predicted octanol–water partition coefficient (Wildman–Crippen LogP) is -1.13. The van der Waals surface area contributed by atoms with Crippen molar-refractivity contribution in [3.05, 3.63) is 18.2 Å². The molecule has 8 heteroatoms. The summed E-state index contributed by atoms with van der Waals surface area (Å²) in [6, 6.07) is -1.16. The van der Waals surface area contributed by atoms with E-state index in [1.165, 1.54) is 12.5 Å². The lowest BCUT2D eigenvalue weighted by atomic mass is 10.1. The van der Waals surface area contributed by atoms with Gasteiger partial charge in [-0.2, -0.15) is 0 Å². The van der Waals surface area contributed by atoms with Crippen LogP contribution in [0.2, 0.25) is 0 Å². The monoisotopic (exact) mass is 254 g/mol. The van der Waals surface area contributed by atoms with Crippen molar-refractivity contribution in [1.29, 1.82) is 0 Å². The smallest absolute Gasteiger partial charge is 0.326 e. The van der Waals surface area contributed by atoms with Gasteiger partial charge in [0.1, 0.15) is 11.7 Å². The van der Waals surface area contributed by atoms with Crippen LogP contribution in [0, 0.1) is 0 Å². The van der Waals surface area contributed by atoms with Crippen molar-refractivity contribution < 1.29 is 19.5 Å². The maximum absolute atomic E-state index is 11.7. The minimum absolute atomic E-state index is 0.0523. The number of rotatable bonds is 6. The van der Waals surface area contributed by atoms with Crippen LogP contribution in [0.4, 0.5) is 0 Å². The van der Waals surface area contributed by atoms with Crippen molar-refractivity contribution in [2.75, 3.05) is 0 Å². The zero-order valence-electron chi connectivity index (χ0n) is 9.79. The normalized spacial score (nSPS) is 11.8. The number of nitrogens with zero attached hydrogens (tertiary/aromatic N) is 2. The number of amides is 2. The molecule has 0 bridgehead atoms. The van der Waals surface area contributed by atoms with Gasteiger partial charge in [0.15, 0.2) is 0 Å². The predicted molar refractivity (Wildman–Crippen MR) is 60.5 cm³/mol. The summed E-state index contributed by atoms with van der Waals surface area (Å²) < 4.78 is 1.56. The molecular formula is C10H14N4O4. The fourth-order valence-corrected chi connectivity index (χ4v) is 1.31. The fraction of sp³-hybridized carbons (Fsp3) is 0.400. The Morgan fingerprint density at radius 1 is 1.56 bits per heavy atom. The van der Waals surface area contributed by atoms with E-state index in [1.54, 1.807) is 11.6 Å². The van der Waals surface area contributed by atoms with E-state index < -0.39 is 23.8 Å². The number of carboxylic acid groups (broad SMARTS) is 1. The highest BCUT2D eigenvalue weighted by molar-refractivity contribution is 5.94. The minimum Gasteiger partial charge on any atom is -0.480 e. The number of carbonyl (C=O) groups excluding carboxylic acids is 2. The molecule has 4 N–H and O–H groups in total. The molecular weight excluding hydrogens is 240 g/mol. The Bertz CT molecular complexity index is 468. The highest BCUT2D eigenvalue weighted by atomic mass is 16.4. The Morgan fingerprint density at radius 2 is 2.22 bits per heavy atom. The maximum atomic E-state index is 11.7. The zero-order chi connectivity index (χ0) is 13.7. The molecule has 1 atom stereocenters. The standard InChI is InChI=1S/C10H14N4O4/c1-14-4-7(12-5-14)9(16)13-6(10(17)18)2-3-8(11)15/h4-6H,2-3H2,1H3,(H2,11,15)(H,13,16)(H,17,18)/t6-/m0/s1. The second kappa shape index (κ2) is 5.80. The SMILES string of the molecule is Cn1cnc(C(=O)N[C@@H](CCC(N)=O)C(=O)O)c1. The molecule has 0 spiro atoms. The van der Waals surface area contributed by atoms with E-state index in [0.29, 0.717) is 0 Å². The van der Waals surface area contributed by atoms with Crippen LogP contribution in [0.3, 0.4) is 0 Å². The van der Waals surface area contributed by atoms with E-state index >= 15 is 0 Å². The van der Waals surface area contributed by atoms with Crippen LogP contribution < -0.4 is 11.1 Å². The zero-order valence-corrected chi connectivity index (χ0v) is 9.79. The third-order valence-electron chi connectivity index (χ3n) is 2.22. The lowest BCUT2D eigenvalue weighted by Gasteiger charge is -2.12. The van der Waals surface area contributed by atoms with Crippen LogP contribution in [-0.4, -0.2) is 38.5 Å². The molecule has 0 aliphatic rings.